The number of benzene rings is 6. The van der Waals surface area contributed by atoms with Gasteiger partial charge in [0, 0.05) is 60.0 Å². The van der Waals surface area contributed by atoms with E-state index in [4.69, 9.17) is 19.4 Å². The third-order valence-corrected chi connectivity index (χ3v) is 10.5. The molecule has 0 unspecified atom stereocenters. The van der Waals surface area contributed by atoms with Gasteiger partial charge in [0.05, 0.1) is 0 Å². The molecule has 6 heteroatoms. The molecule has 0 aliphatic rings. The maximum absolute atomic E-state index is 6.14. The van der Waals surface area contributed by atoms with Gasteiger partial charge in [-0.3, -0.25) is 4.98 Å². The van der Waals surface area contributed by atoms with Crippen LogP contribution in [0.5, 0.6) is 0 Å². The lowest BCUT2D eigenvalue weighted by atomic mass is 9.97. The summed E-state index contributed by atoms with van der Waals surface area (Å²) in [6, 6.07) is 50.3. The third-order valence-electron chi connectivity index (χ3n) is 9.25. The number of thiophene rings is 1. The molecule has 0 atom stereocenters. The van der Waals surface area contributed by atoms with Gasteiger partial charge in [-0.25, -0.2) is 15.0 Å². The number of para-hydroxylation sites is 1. The largest absolute Gasteiger partial charge is 0.456 e. The molecule has 5 nitrogen and oxygen atoms in total. The Labute approximate surface area is 291 Å². The Morgan fingerprint density at radius 2 is 1.00 bits per heavy atom. The SMILES string of the molecule is c1ccc(-c2nc(-c3ccc4oc5ccccc5c4c3)nc(-c3cc(-c4ccc(-c5ccncc5)cc4)cc4c3sc3ccccc34)n2)cc1. The average Bonchev–Trinajstić information content (AvgIpc) is 3.76. The van der Waals surface area contributed by atoms with Gasteiger partial charge in [-0.1, -0.05) is 91.0 Å². The first-order valence-electron chi connectivity index (χ1n) is 16.4. The van der Waals surface area contributed by atoms with Gasteiger partial charge in [-0.05, 0) is 76.9 Å². The van der Waals surface area contributed by atoms with E-state index in [1.54, 1.807) is 11.3 Å². The van der Waals surface area contributed by atoms with Crippen LogP contribution in [0, 0.1) is 0 Å². The van der Waals surface area contributed by atoms with Crippen LogP contribution in [-0.2, 0) is 0 Å². The molecule has 0 N–H and O–H groups in total. The highest BCUT2D eigenvalue weighted by atomic mass is 32.1. The average molecular weight is 659 g/mol. The van der Waals surface area contributed by atoms with Crippen molar-refractivity contribution in [2.45, 2.75) is 0 Å². The van der Waals surface area contributed by atoms with E-state index in [1.807, 2.05) is 85.2 Å². The van der Waals surface area contributed by atoms with Crippen LogP contribution in [-0.4, -0.2) is 19.9 Å². The fourth-order valence-electron chi connectivity index (χ4n) is 6.77. The lowest BCUT2D eigenvalue weighted by molar-refractivity contribution is 0.669. The molecule has 10 rings (SSSR count). The molecule has 0 aliphatic carbocycles. The van der Waals surface area contributed by atoms with Gasteiger partial charge < -0.3 is 4.42 Å². The number of hydrogen-bond donors (Lipinski definition) is 0. The highest BCUT2D eigenvalue weighted by molar-refractivity contribution is 7.26. The number of rotatable bonds is 5. The van der Waals surface area contributed by atoms with Crippen molar-refractivity contribution in [3.05, 3.63) is 158 Å². The number of fused-ring (bicyclic) bond motifs is 6. The molecule has 10 aromatic rings. The first kappa shape index (κ1) is 28.5. The quantitative estimate of drug-likeness (QED) is 0.184. The summed E-state index contributed by atoms with van der Waals surface area (Å²) in [6.07, 6.45) is 3.65. The van der Waals surface area contributed by atoms with Crippen LogP contribution < -0.4 is 0 Å². The Balaban J connectivity index is 1.20. The molecule has 6 aromatic carbocycles. The smallest absolute Gasteiger partial charge is 0.165 e. The van der Waals surface area contributed by atoms with Crippen molar-refractivity contribution >= 4 is 53.4 Å². The minimum atomic E-state index is 0.613. The summed E-state index contributed by atoms with van der Waals surface area (Å²) < 4.78 is 8.51. The summed E-state index contributed by atoms with van der Waals surface area (Å²) in [4.78, 5) is 19.6. The van der Waals surface area contributed by atoms with Gasteiger partial charge in [0.15, 0.2) is 17.5 Å². The maximum atomic E-state index is 6.14. The number of hydrogen-bond acceptors (Lipinski definition) is 6. The summed E-state index contributed by atoms with van der Waals surface area (Å²) in [5, 5.41) is 4.51. The number of furan rings is 1. The van der Waals surface area contributed by atoms with Crippen LogP contribution in [0.1, 0.15) is 0 Å². The highest BCUT2D eigenvalue weighted by Gasteiger charge is 2.19. The number of pyridine rings is 1. The molecule has 0 aliphatic heterocycles. The van der Waals surface area contributed by atoms with Crippen LogP contribution in [0.4, 0.5) is 0 Å². The summed E-state index contributed by atoms with van der Waals surface area (Å²) in [6.45, 7) is 0. The Morgan fingerprint density at radius 3 is 1.82 bits per heavy atom. The van der Waals surface area contributed by atoms with E-state index >= 15 is 0 Å². The minimum absolute atomic E-state index is 0.613. The van der Waals surface area contributed by atoms with Crippen molar-refractivity contribution in [1.82, 2.24) is 19.9 Å². The standard InChI is InChI=1S/C44H26N4OS/c1-2-8-30(9-3-1)42-46-43(31-18-19-39-35(24-31)33-10-4-6-12-38(33)49-39)48-44(47-42)37-26-32(25-36-34-11-5-7-13-40(34)50-41(36)37)28-16-14-27(15-17-28)29-20-22-45-23-21-29/h1-26H. The monoisotopic (exact) mass is 658 g/mol. The molecule has 0 amide bonds. The van der Waals surface area contributed by atoms with Gasteiger partial charge in [0.25, 0.3) is 0 Å². The molecular formula is C44H26N4OS. The zero-order valence-electron chi connectivity index (χ0n) is 26.6. The Hall–Kier alpha value is -6.50. The van der Waals surface area contributed by atoms with E-state index < -0.39 is 0 Å². The fourth-order valence-corrected chi connectivity index (χ4v) is 7.96. The third kappa shape index (κ3) is 4.85. The van der Waals surface area contributed by atoms with Crippen LogP contribution in [0.3, 0.4) is 0 Å². The normalized spacial score (nSPS) is 11.6. The summed E-state index contributed by atoms with van der Waals surface area (Å²) in [5.41, 5.74) is 9.02. The second kappa shape index (κ2) is 11.6. The topological polar surface area (TPSA) is 64.7 Å². The molecule has 50 heavy (non-hydrogen) atoms. The summed E-state index contributed by atoms with van der Waals surface area (Å²) in [7, 11) is 0. The van der Waals surface area contributed by atoms with Crippen molar-refractivity contribution in [1.29, 1.82) is 0 Å². The zero-order chi connectivity index (χ0) is 33.0. The van der Waals surface area contributed by atoms with Crippen molar-refractivity contribution < 1.29 is 4.42 Å². The van der Waals surface area contributed by atoms with Crippen LogP contribution in [0.25, 0.3) is 98.5 Å². The van der Waals surface area contributed by atoms with Crippen LogP contribution in [0.2, 0.25) is 0 Å². The number of nitrogens with zero attached hydrogens (tertiary/aromatic N) is 4. The molecule has 234 valence electrons. The van der Waals surface area contributed by atoms with Gasteiger partial charge in [-0.2, -0.15) is 0 Å². The van der Waals surface area contributed by atoms with Crippen molar-refractivity contribution in [3.63, 3.8) is 0 Å². The lowest BCUT2D eigenvalue weighted by Gasteiger charge is -2.12. The first-order valence-corrected chi connectivity index (χ1v) is 17.3. The zero-order valence-corrected chi connectivity index (χ0v) is 27.4. The first-order chi connectivity index (χ1) is 24.7. The summed E-state index contributed by atoms with van der Waals surface area (Å²) in [5.74, 6) is 1.88. The predicted molar refractivity (Wildman–Crippen MR) is 205 cm³/mol. The van der Waals surface area contributed by atoms with Crippen LogP contribution >= 0.6 is 11.3 Å². The van der Waals surface area contributed by atoms with E-state index in [0.29, 0.717) is 17.5 Å². The summed E-state index contributed by atoms with van der Waals surface area (Å²) >= 11 is 1.78. The Kier molecular flexibility index (Phi) is 6.60. The molecule has 0 saturated heterocycles. The molecule has 0 bridgehead atoms. The van der Waals surface area contributed by atoms with E-state index in [0.717, 1.165) is 65.6 Å². The van der Waals surface area contributed by atoms with Crippen molar-refractivity contribution in [2.24, 2.45) is 0 Å². The highest BCUT2D eigenvalue weighted by Crippen LogP contribution is 2.43. The van der Waals surface area contributed by atoms with Gasteiger partial charge in [-0.15, -0.1) is 11.3 Å². The molecular weight excluding hydrogens is 633 g/mol. The molecule has 4 heterocycles. The van der Waals surface area contributed by atoms with Gasteiger partial charge in [0.2, 0.25) is 0 Å². The van der Waals surface area contributed by atoms with Crippen LogP contribution in [0.15, 0.2) is 162 Å². The lowest BCUT2D eigenvalue weighted by Crippen LogP contribution is -2.00. The van der Waals surface area contributed by atoms with Gasteiger partial charge >= 0.3 is 0 Å². The van der Waals surface area contributed by atoms with Gasteiger partial charge in [0.1, 0.15) is 11.2 Å². The minimum Gasteiger partial charge on any atom is -0.456 e. The Morgan fingerprint density at radius 1 is 0.400 bits per heavy atom. The fraction of sp³-hybridized carbons (Fsp3) is 0. The Bertz CT molecular complexity index is 2860. The predicted octanol–water partition coefficient (Wildman–Crippen LogP) is 11.9. The number of aromatic nitrogens is 4. The maximum Gasteiger partial charge on any atom is 0.165 e. The molecule has 0 saturated carbocycles. The van der Waals surface area contributed by atoms with E-state index in [-0.39, 0.29) is 0 Å². The molecule has 0 spiro atoms. The van der Waals surface area contributed by atoms with Crippen molar-refractivity contribution in [3.8, 4) is 56.4 Å². The molecule has 0 fully saturated rings. The molecule has 4 aromatic heterocycles. The van der Waals surface area contributed by atoms with E-state index in [9.17, 15) is 0 Å². The van der Waals surface area contributed by atoms with E-state index in [1.165, 1.54) is 15.5 Å². The second-order valence-corrected chi connectivity index (χ2v) is 13.3. The van der Waals surface area contributed by atoms with E-state index in [2.05, 4.69) is 77.8 Å². The molecule has 0 radical (unpaired) electrons. The van der Waals surface area contributed by atoms with Crippen molar-refractivity contribution in [2.75, 3.05) is 0 Å². The second-order valence-electron chi connectivity index (χ2n) is 12.3.